The standard InChI is InChI=1S/C12H6Br2Cl2S/c13-7-1-8(14)3-11(2-7)17-12-5-9(15)4-10(16)6-12/h1-6H. The maximum Gasteiger partial charge on any atom is 0.0432 e. The van der Waals surface area contributed by atoms with Gasteiger partial charge in [-0.1, -0.05) is 66.8 Å². The summed E-state index contributed by atoms with van der Waals surface area (Å²) < 4.78 is 2.06. The van der Waals surface area contributed by atoms with Gasteiger partial charge in [-0.25, -0.2) is 0 Å². The molecule has 0 radical (unpaired) electrons. The highest BCUT2D eigenvalue weighted by atomic mass is 79.9. The molecule has 0 amide bonds. The smallest absolute Gasteiger partial charge is 0.0432 e. The summed E-state index contributed by atoms with van der Waals surface area (Å²) in [6.07, 6.45) is 0. The molecule has 0 heterocycles. The van der Waals surface area contributed by atoms with Gasteiger partial charge in [-0.3, -0.25) is 0 Å². The molecule has 0 bridgehead atoms. The lowest BCUT2D eigenvalue weighted by atomic mass is 10.4. The van der Waals surface area contributed by atoms with Gasteiger partial charge >= 0.3 is 0 Å². The maximum absolute atomic E-state index is 5.96. The summed E-state index contributed by atoms with van der Waals surface area (Å²) in [6.45, 7) is 0. The number of hydrogen-bond donors (Lipinski definition) is 0. The molecule has 5 heteroatoms. The summed E-state index contributed by atoms with van der Waals surface area (Å²) in [5.41, 5.74) is 0. The van der Waals surface area contributed by atoms with Crippen molar-refractivity contribution in [3.8, 4) is 0 Å². The van der Waals surface area contributed by atoms with Crippen molar-refractivity contribution in [3.05, 3.63) is 55.4 Å². The van der Waals surface area contributed by atoms with Crippen LogP contribution in [0.2, 0.25) is 10.0 Å². The number of rotatable bonds is 2. The summed E-state index contributed by atoms with van der Waals surface area (Å²) in [6, 6.07) is 11.6. The Balaban J connectivity index is 2.31. The highest BCUT2D eigenvalue weighted by molar-refractivity contribution is 9.11. The third-order valence-electron chi connectivity index (χ3n) is 1.91. The van der Waals surface area contributed by atoms with Crippen LogP contribution in [-0.4, -0.2) is 0 Å². The zero-order valence-corrected chi connectivity index (χ0v) is 13.9. The van der Waals surface area contributed by atoms with E-state index >= 15 is 0 Å². The van der Waals surface area contributed by atoms with Crippen molar-refractivity contribution in [1.82, 2.24) is 0 Å². The normalized spacial score (nSPS) is 10.6. The minimum Gasteiger partial charge on any atom is -0.0899 e. The van der Waals surface area contributed by atoms with Gasteiger partial charge in [0.25, 0.3) is 0 Å². The van der Waals surface area contributed by atoms with E-state index in [2.05, 4.69) is 31.9 Å². The van der Waals surface area contributed by atoms with Gasteiger partial charge in [0, 0.05) is 28.8 Å². The first-order valence-electron chi connectivity index (χ1n) is 4.63. The summed E-state index contributed by atoms with van der Waals surface area (Å²) >= 11 is 20.5. The average molecular weight is 413 g/mol. The van der Waals surface area contributed by atoms with Crippen molar-refractivity contribution in [3.63, 3.8) is 0 Å². The minimum absolute atomic E-state index is 0.647. The molecule has 0 aliphatic carbocycles. The molecule has 2 aromatic carbocycles. The summed E-state index contributed by atoms with van der Waals surface area (Å²) in [7, 11) is 0. The van der Waals surface area contributed by atoms with Crippen LogP contribution < -0.4 is 0 Å². The zero-order chi connectivity index (χ0) is 12.4. The van der Waals surface area contributed by atoms with Crippen LogP contribution in [0.3, 0.4) is 0 Å². The van der Waals surface area contributed by atoms with Crippen LogP contribution in [0, 0.1) is 0 Å². The van der Waals surface area contributed by atoms with Gasteiger partial charge in [0.1, 0.15) is 0 Å². The average Bonchev–Trinajstić information content (AvgIpc) is 2.13. The Bertz CT molecular complexity index is 468. The lowest BCUT2D eigenvalue weighted by Crippen LogP contribution is -1.76. The lowest BCUT2D eigenvalue weighted by Gasteiger charge is -2.04. The van der Waals surface area contributed by atoms with Crippen LogP contribution in [-0.2, 0) is 0 Å². The van der Waals surface area contributed by atoms with Gasteiger partial charge in [0.15, 0.2) is 0 Å². The molecule has 88 valence electrons. The van der Waals surface area contributed by atoms with Crippen LogP contribution in [0.15, 0.2) is 55.1 Å². The summed E-state index contributed by atoms with van der Waals surface area (Å²) in [4.78, 5) is 2.14. The second kappa shape index (κ2) is 5.98. The first-order chi connectivity index (χ1) is 8.02. The van der Waals surface area contributed by atoms with E-state index in [0.717, 1.165) is 18.7 Å². The molecule has 0 atom stereocenters. The number of hydrogen-bond acceptors (Lipinski definition) is 1. The van der Waals surface area contributed by atoms with Crippen molar-refractivity contribution in [2.45, 2.75) is 9.79 Å². The molecule has 0 spiro atoms. The van der Waals surface area contributed by atoms with Crippen LogP contribution >= 0.6 is 66.8 Å². The molecule has 0 fully saturated rings. The van der Waals surface area contributed by atoms with Crippen molar-refractivity contribution in [2.75, 3.05) is 0 Å². The van der Waals surface area contributed by atoms with Gasteiger partial charge in [-0.15, -0.1) is 0 Å². The first-order valence-corrected chi connectivity index (χ1v) is 7.79. The predicted octanol–water partition coefficient (Wildman–Crippen LogP) is 6.67. The number of halogens is 4. The molecule has 0 aromatic heterocycles. The quantitative estimate of drug-likeness (QED) is 0.530. The largest absolute Gasteiger partial charge is 0.0899 e. The third kappa shape index (κ3) is 4.18. The van der Waals surface area contributed by atoms with E-state index in [0.29, 0.717) is 10.0 Å². The molecule has 2 rings (SSSR count). The summed E-state index contributed by atoms with van der Waals surface area (Å²) in [5.74, 6) is 0. The Morgan fingerprint density at radius 2 is 1.18 bits per heavy atom. The Morgan fingerprint density at radius 3 is 1.71 bits per heavy atom. The Morgan fingerprint density at radius 1 is 0.706 bits per heavy atom. The van der Waals surface area contributed by atoms with E-state index in [9.17, 15) is 0 Å². The molecule has 0 unspecified atom stereocenters. The molecule has 0 aliphatic heterocycles. The fourth-order valence-electron chi connectivity index (χ4n) is 1.31. The second-order valence-corrected chi connectivity index (χ2v) is 7.16. The van der Waals surface area contributed by atoms with Crippen molar-refractivity contribution in [1.29, 1.82) is 0 Å². The molecule has 0 saturated heterocycles. The van der Waals surface area contributed by atoms with E-state index in [4.69, 9.17) is 23.2 Å². The molecule has 0 saturated carbocycles. The maximum atomic E-state index is 5.96. The molecule has 17 heavy (non-hydrogen) atoms. The monoisotopic (exact) mass is 410 g/mol. The SMILES string of the molecule is Clc1cc(Cl)cc(Sc2cc(Br)cc(Br)c2)c1. The molecule has 0 N–H and O–H groups in total. The van der Waals surface area contributed by atoms with E-state index in [1.165, 1.54) is 0 Å². The summed E-state index contributed by atoms with van der Waals surface area (Å²) in [5, 5.41) is 1.29. The van der Waals surface area contributed by atoms with Gasteiger partial charge in [-0.05, 0) is 36.4 Å². The van der Waals surface area contributed by atoms with E-state index in [-0.39, 0.29) is 0 Å². The van der Waals surface area contributed by atoms with Crippen LogP contribution in [0.25, 0.3) is 0 Å². The predicted molar refractivity (Wildman–Crippen MR) is 82.4 cm³/mol. The fraction of sp³-hybridized carbons (Fsp3) is 0. The third-order valence-corrected chi connectivity index (χ3v) is 4.20. The highest BCUT2D eigenvalue weighted by Crippen LogP contribution is 2.34. The van der Waals surface area contributed by atoms with Gasteiger partial charge in [0.05, 0.1) is 0 Å². The van der Waals surface area contributed by atoms with Gasteiger partial charge in [0.2, 0.25) is 0 Å². The van der Waals surface area contributed by atoms with Crippen molar-refractivity contribution < 1.29 is 0 Å². The van der Waals surface area contributed by atoms with E-state index in [1.807, 2.05) is 30.3 Å². The molecule has 0 aliphatic rings. The van der Waals surface area contributed by atoms with Crippen LogP contribution in [0.5, 0.6) is 0 Å². The van der Waals surface area contributed by atoms with Crippen LogP contribution in [0.1, 0.15) is 0 Å². The number of benzene rings is 2. The molecule has 0 nitrogen and oxygen atoms in total. The van der Waals surface area contributed by atoms with Gasteiger partial charge in [-0.2, -0.15) is 0 Å². The van der Waals surface area contributed by atoms with Crippen molar-refractivity contribution >= 4 is 66.8 Å². The van der Waals surface area contributed by atoms with E-state index in [1.54, 1.807) is 17.8 Å². The van der Waals surface area contributed by atoms with E-state index < -0.39 is 0 Å². The molecular weight excluding hydrogens is 407 g/mol. The van der Waals surface area contributed by atoms with Crippen LogP contribution in [0.4, 0.5) is 0 Å². The topological polar surface area (TPSA) is 0 Å². The Hall–Kier alpha value is 0.330. The minimum atomic E-state index is 0.647. The molecule has 2 aromatic rings. The van der Waals surface area contributed by atoms with Crippen molar-refractivity contribution in [2.24, 2.45) is 0 Å². The lowest BCUT2D eigenvalue weighted by molar-refractivity contribution is 1.38. The zero-order valence-electron chi connectivity index (χ0n) is 8.38. The molecular formula is C12H6Br2Cl2S. The Kier molecular flexibility index (Phi) is 4.84. The first kappa shape index (κ1) is 13.8. The Labute approximate surface area is 131 Å². The second-order valence-electron chi connectivity index (χ2n) is 3.31. The highest BCUT2D eigenvalue weighted by Gasteiger charge is 2.03. The van der Waals surface area contributed by atoms with Gasteiger partial charge < -0.3 is 0 Å². The fourth-order valence-corrected chi connectivity index (χ4v) is 4.58.